The molecule has 0 bridgehead atoms. The number of carbonyl (C=O) groups is 2. The zero-order valence-corrected chi connectivity index (χ0v) is 16.5. The van der Waals surface area contributed by atoms with Gasteiger partial charge in [-0.1, -0.05) is 82.4 Å². The van der Waals surface area contributed by atoms with Crippen LogP contribution >= 0.6 is 24.0 Å². The number of thiocarbonyl (C=S) groups is 1. The zero-order chi connectivity index (χ0) is 18.7. The molecule has 1 N–H and O–H groups in total. The van der Waals surface area contributed by atoms with Crippen LogP contribution in [0.25, 0.3) is 6.08 Å². The first kappa shape index (κ1) is 19.7. The Hall–Kier alpha value is -1.66. The maximum atomic E-state index is 12.7. The number of rotatable bonds is 6. The molecule has 0 aliphatic carbocycles. The first-order valence-electron chi connectivity index (χ1n) is 8.36. The molecule has 2 atom stereocenters. The molecular weight excluding hydrogens is 354 g/mol. The summed E-state index contributed by atoms with van der Waals surface area (Å²) in [5.74, 6) is -1.08. The van der Waals surface area contributed by atoms with Crippen molar-refractivity contribution in [1.29, 1.82) is 0 Å². The van der Waals surface area contributed by atoms with Gasteiger partial charge in [-0.15, -0.1) is 0 Å². The number of carboxylic acid groups (broad SMARTS) is 1. The molecule has 1 fully saturated rings. The summed E-state index contributed by atoms with van der Waals surface area (Å²) < 4.78 is 0.308. The highest BCUT2D eigenvalue weighted by Crippen LogP contribution is 2.36. The van der Waals surface area contributed by atoms with Crippen LogP contribution in [0.3, 0.4) is 0 Å². The van der Waals surface area contributed by atoms with Crippen LogP contribution in [-0.2, 0) is 9.59 Å². The Kier molecular flexibility index (Phi) is 6.41. The lowest BCUT2D eigenvalue weighted by Crippen LogP contribution is -2.47. The minimum absolute atomic E-state index is 0.176. The molecule has 0 aromatic heterocycles. The van der Waals surface area contributed by atoms with Gasteiger partial charge < -0.3 is 5.11 Å². The van der Waals surface area contributed by atoms with Crippen molar-refractivity contribution in [3.8, 4) is 0 Å². The van der Waals surface area contributed by atoms with Crippen molar-refractivity contribution < 1.29 is 14.7 Å². The van der Waals surface area contributed by atoms with Gasteiger partial charge in [0.05, 0.1) is 4.91 Å². The quantitative estimate of drug-likeness (QED) is 0.584. The zero-order valence-electron chi connectivity index (χ0n) is 14.9. The lowest BCUT2D eigenvalue weighted by atomic mass is 9.98. The number of thioether (sulfide) groups is 1. The molecule has 1 saturated heterocycles. The Balaban J connectivity index is 2.29. The summed E-state index contributed by atoms with van der Waals surface area (Å²) in [4.78, 5) is 26.1. The molecule has 0 spiro atoms. The Morgan fingerprint density at radius 1 is 1.28 bits per heavy atom. The van der Waals surface area contributed by atoms with Crippen LogP contribution in [0.1, 0.15) is 51.2 Å². The van der Waals surface area contributed by atoms with Gasteiger partial charge in [-0.25, -0.2) is 4.79 Å². The number of amides is 1. The average Bonchev–Trinajstić information content (AvgIpc) is 2.82. The van der Waals surface area contributed by atoms with Crippen LogP contribution in [0.4, 0.5) is 0 Å². The molecule has 1 aromatic rings. The van der Waals surface area contributed by atoms with Crippen LogP contribution < -0.4 is 0 Å². The van der Waals surface area contributed by atoms with E-state index in [0.29, 0.717) is 21.6 Å². The van der Waals surface area contributed by atoms with Crippen LogP contribution in [-0.4, -0.2) is 32.2 Å². The summed E-state index contributed by atoms with van der Waals surface area (Å²) in [6, 6.07) is 7.08. The highest BCUT2D eigenvalue weighted by molar-refractivity contribution is 8.26. The van der Waals surface area contributed by atoms with Crippen molar-refractivity contribution in [3.63, 3.8) is 0 Å². The van der Waals surface area contributed by atoms with Crippen LogP contribution in [0.15, 0.2) is 29.2 Å². The predicted molar refractivity (Wildman–Crippen MR) is 106 cm³/mol. The number of aliphatic carboxylic acids is 1. The van der Waals surface area contributed by atoms with Crippen molar-refractivity contribution >= 4 is 46.3 Å². The van der Waals surface area contributed by atoms with E-state index in [4.69, 9.17) is 12.2 Å². The van der Waals surface area contributed by atoms with Gasteiger partial charge >= 0.3 is 5.97 Å². The molecule has 0 unspecified atom stereocenters. The molecule has 25 heavy (non-hydrogen) atoms. The Morgan fingerprint density at radius 2 is 1.88 bits per heavy atom. The van der Waals surface area contributed by atoms with Crippen LogP contribution in [0.5, 0.6) is 0 Å². The van der Waals surface area contributed by atoms with E-state index < -0.39 is 12.0 Å². The van der Waals surface area contributed by atoms with Crippen LogP contribution in [0, 0.1) is 5.92 Å². The Bertz CT molecular complexity index is 710. The smallest absolute Gasteiger partial charge is 0.327 e. The Morgan fingerprint density at radius 3 is 2.36 bits per heavy atom. The molecule has 1 aromatic carbocycles. The van der Waals surface area contributed by atoms with Gasteiger partial charge in [-0.3, -0.25) is 9.69 Å². The first-order chi connectivity index (χ1) is 11.8. The van der Waals surface area contributed by atoms with Crippen molar-refractivity contribution in [2.75, 3.05) is 0 Å². The van der Waals surface area contributed by atoms with Crippen molar-refractivity contribution in [1.82, 2.24) is 4.90 Å². The van der Waals surface area contributed by atoms with Crippen molar-refractivity contribution in [2.24, 2.45) is 5.92 Å². The second-order valence-electron chi connectivity index (χ2n) is 6.54. The largest absolute Gasteiger partial charge is 0.480 e. The third-order valence-electron chi connectivity index (χ3n) is 4.44. The normalized spacial score (nSPS) is 18.9. The number of benzene rings is 1. The number of hydrogen-bond acceptors (Lipinski definition) is 4. The predicted octanol–water partition coefficient (Wildman–Crippen LogP) is 4.51. The first-order valence-corrected chi connectivity index (χ1v) is 9.58. The summed E-state index contributed by atoms with van der Waals surface area (Å²) >= 11 is 6.46. The van der Waals surface area contributed by atoms with Gasteiger partial charge in [0.2, 0.25) is 0 Å². The molecule has 1 heterocycles. The van der Waals surface area contributed by atoms with Gasteiger partial charge in [-0.2, -0.15) is 0 Å². The Labute approximate surface area is 158 Å². The van der Waals surface area contributed by atoms with E-state index in [1.54, 1.807) is 6.08 Å². The van der Waals surface area contributed by atoms with Gasteiger partial charge in [0.25, 0.3) is 5.91 Å². The molecule has 1 amide bonds. The molecule has 1 aliphatic heterocycles. The highest BCUT2D eigenvalue weighted by Gasteiger charge is 2.42. The van der Waals surface area contributed by atoms with E-state index in [1.807, 2.05) is 38.1 Å². The van der Waals surface area contributed by atoms with E-state index in [-0.39, 0.29) is 11.8 Å². The molecule has 4 nitrogen and oxygen atoms in total. The summed E-state index contributed by atoms with van der Waals surface area (Å²) in [6.07, 6.45) is 2.43. The number of nitrogens with zero attached hydrogens (tertiary/aromatic N) is 1. The molecule has 0 saturated carbocycles. The summed E-state index contributed by atoms with van der Waals surface area (Å²) in [6.45, 7) is 7.98. The number of hydrogen-bond donors (Lipinski definition) is 1. The van der Waals surface area contributed by atoms with Gasteiger partial charge in [-0.05, 0) is 29.0 Å². The topological polar surface area (TPSA) is 57.6 Å². The van der Waals surface area contributed by atoms with Gasteiger partial charge in [0.1, 0.15) is 10.4 Å². The maximum absolute atomic E-state index is 12.7. The second kappa shape index (κ2) is 8.15. The molecule has 0 radical (unpaired) electrons. The van der Waals surface area contributed by atoms with Crippen LogP contribution in [0.2, 0.25) is 0 Å². The van der Waals surface area contributed by atoms with E-state index in [0.717, 1.165) is 5.56 Å². The minimum Gasteiger partial charge on any atom is -0.480 e. The number of carbonyl (C=O) groups excluding carboxylic acids is 1. The van der Waals surface area contributed by atoms with E-state index in [1.165, 1.54) is 22.2 Å². The molecule has 2 rings (SSSR count). The van der Waals surface area contributed by atoms with Crippen molar-refractivity contribution in [3.05, 3.63) is 40.3 Å². The van der Waals surface area contributed by atoms with E-state index in [9.17, 15) is 14.7 Å². The number of carboxylic acids is 1. The third kappa shape index (κ3) is 4.30. The molecule has 6 heteroatoms. The van der Waals surface area contributed by atoms with E-state index in [2.05, 4.69) is 13.8 Å². The fourth-order valence-corrected chi connectivity index (χ4v) is 4.01. The van der Waals surface area contributed by atoms with Crippen molar-refractivity contribution in [2.45, 2.75) is 46.1 Å². The molecule has 134 valence electrons. The lowest BCUT2D eigenvalue weighted by molar-refractivity contribution is -0.147. The molecule has 1 aliphatic rings. The second-order valence-corrected chi connectivity index (χ2v) is 8.22. The fraction of sp³-hybridized carbons (Fsp3) is 0.421. The maximum Gasteiger partial charge on any atom is 0.327 e. The lowest BCUT2D eigenvalue weighted by Gasteiger charge is -2.27. The summed E-state index contributed by atoms with van der Waals surface area (Å²) in [5, 5.41) is 9.55. The fourth-order valence-electron chi connectivity index (χ4n) is 2.68. The summed E-state index contributed by atoms with van der Waals surface area (Å²) in [7, 11) is 0. The van der Waals surface area contributed by atoms with Gasteiger partial charge in [0, 0.05) is 0 Å². The standard InChI is InChI=1S/C19H23NO3S2/c1-5-12(4)16(18(22)23)20-17(21)15(25-19(20)24)10-13-6-8-14(9-7-13)11(2)3/h6-12,16H,5H2,1-4H3,(H,22,23)/b15-10-/t12-,16-/m0/s1. The minimum atomic E-state index is -1.02. The van der Waals surface area contributed by atoms with Gasteiger partial charge in [0.15, 0.2) is 0 Å². The third-order valence-corrected chi connectivity index (χ3v) is 5.77. The highest BCUT2D eigenvalue weighted by atomic mass is 32.2. The molecular formula is C19H23NO3S2. The SMILES string of the molecule is CC[C@H](C)[C@@H](C(=O)O)N1C(=O)/C(=C/c2ccc(C(C)C)cc2)SC1=S. The van der Waals surface area contributed by atoms with E-state index >= 15 is 0 Å². The monoisotopic (exact) mass is 377 g/mol. The average molecular weight is 378 g/mol. The summed E-state index contributed by atoms with van der Waals surface area (Å²) in [5.41, 5.74) is 2.13.